The molecule has 10 nitrogen and oxygen atoms in total. The van der Waals surface area contributed by atoms with E-state index in [1.165, 1.54) is 25.0 Å². The zero-order valence-electron chi connectivity index (χ0n) is 23.7. The predicted molar refractivity (Wildman–Crippen MR) is 164 cm³/mol. The van der Waals surface area contributed by atoms with E-state index >= 15 is 4.39 Å². The van der Waals surface area contributed by atoms with Crippen LogP contribution in [-0.4, -0.2) is 62.8 Å². The van der Waals surface area contributed by atoms with Gasteiger partial charge in [-0.05, 0) is 73.0 Å². The molecule has 2 aromatic carbocycles. The van der Waals surface area contributed by atoms with E-state index in [0.717, 1.165) is 31.5 Å². The van der Waals surface area contributed by atoms with Crippen molar-refractivity contribution < 1.29 is 17.2 Å². The first-order valence-corrected chi connectivity index (χ1v) is 16.0. The highest BCUT2D eigenvalue weighted by Crippen LogP contribution is 2.35. The standard InChI is InChI=1S/C31H28F2N8O2S/c1-44(42,43)36-14-18-9-20(12-22(32)11-18)23-5-4-6-24-29(23)38-31(37-24)30-26-25(39-40-30)16-35-28(27(26)33)21-10-19(13-34-15-21)17-41-7-2-3-8-41/h4-6,9-13,15-16,36H,2-3,7-8,14,17H2,1H3,(H,37,38)(H,39,40). The monoisotopic (exact) mass is 614 g/mol. The molecule has 1 aliphatic heterocycles. The van der Waals surface area contributed by atoms with Gasteiger partial charge in [0, 0.05) is 36.6 Å². The Morgan fingerprint density at radius 3 is 2.59 bits per heavy atom. The largest absolute Gasteiger partial charge is 0.337 e. The van der Waals surface area contributed by atoms with Gasteiger partial charge in [-0.1, -0.05) is 12.1 Å². The lowest BCUT2D eigenvalue weighted by molar-refractivity contribution is 0.331. The fraction of sp³-hybridized carbons (Fsp3) is 0.226. The van der Waals surface area contributed by atoms with Crippen LogP contribution >= 0.6 is 0 Å². The van der Waals surface area contributed by atoms with Crippen LogP contribution in [0.3, 0.4) is 0 Å². The van der Waals surface area contributed by atoms with Gasteiger partial charge < -0.3 is 4.98 Å². The molecule has 0 spiro atoms. The molecule has 224 valence electrons. The van der Waals surface area contributed by atoms with Crippen LogP contribution in [0, 0.1) is 11.6 Å². The third-order valence-corrected chi connectivity index (χ3v) is 8.43. The molecule has 0 saturated carbocycles. The highest BCUT2D eigenvalue weighted by molar-refractivity contribution is 7.88. The van der Waals surface area contributed by atoms with Crippen molar-refractivity contribution in [2.75, 3.05) is 19.3 Å². The number of H-pyrrole nitrogens is 2. The fourth-order valence-electron chi connectivity index (χ4n) is 5.75. The molecule has 0 radical (unpaired) electrons. The van der Waals surface area contributed by atoms with Crippen molar-refractivity contribution >= 4 is 32.0 Å². The van der Waals surface area contributed by atoms with Crippen LogP contribution in [0.25, 0.3) is 55.8 Å². The van der Waals surface area contributed by atoms with Crippen LogP contribution in [0.15, 0.2) is 61.1 Å². The summed E-state index contributed by atoms with van der Waals surface area (Å²) in [5.74, 6) is -0.730. The molecule has 6 aromatic rings. The van der Waals surface area contributed by atoms with Crippen molar-refractivity contribution in [1.29, 1.82) is 0 Å². The first-order valence-electron chi connectivity index (χ1n) is 14.1. The number of likely N-dealkylation sites (tertiary alicyclic amines) is 1. The molecule has 0 unspecified atom stereocenters. The molecule has 0 amide bonds. The minimum Gasteiger partial charge on any atom is -0.337 e. The molecule has 1 aliphatic rings. The molecular formula is C31H28F2N8O2S. The molecule has 0 atom stereocenters. The van der Waals surface area contributed by atoms with E-state index < -0.39 is 21.7 Å². The fourth-order valence-corrected chi connectivity index (χ4v) is 6.18. The van der Waals surface area contributed by atoms with Crippen LogP contribution in [0.2, 0.25) is 0 Å². The van der Waals surface area contributed by atoms with Crippen molar-refractivity contribution in [2.45, 2.75) is 25.9 Å². The first-order chi connectivity index (χ1) is 21.2. The van der Waals surface area contributed by atoms with Gasteiger partial charge >= 0.3 is 0 Å². The predicted octanol–water partition coefficient (Wildman–Crippen LogP) is 5.15. The zero-order chi connectivity index (χ0) is 30.4. The minimum absolute atomic E-state index is 0.0586. The van der Waals surface area contributed by atoms with E-state index in [4.69, 9.17) is 4.98 Å². The Kier molecular flexibility index (Phi) is 7.15. The topological polar surface area (TPSA) is 133 Å². The second kappa shape index (κ2) is 11.2. The maximum absolute atomic E-state index is 16.2. The molecule has 44 heavy (non-hydrogen) atoms. The number of fused-ring (bicyclic) bond motifs is 2. The first kappa shape index (κ1) is 28.2. The summed E-state index contributed by atoms with van der Waals surface area (Å²) in [5.41, 5.74) is 5.20. The lowest BCUT2D eigenvalue weighted by Gasteiger charge is -2.14. The summed E-state index contributed by atoms with van der Waals surface area (Å²) in [6.45, 7) is 2.78. The van der Waals surface area contributed by atoms with Gasteiger partial charge in [-0.15, -0.1) is 0 Å². The highest BCUT2D eigenvalue weighted by atomic mass is 32.2. The van der Waals surface area contributed by atoms with Gasteiger partial charge in [0.1, 0.15) is 17.2 Å². The third kappa shape index (κ3) is 5.56. The van der Waals surface area contributed by atoms with Crippen molar-refractivity contribution in [1.82, 2.24) is 39.8 Å². The van der Waals surface area contributed by atoms with Gasteiger partial charge in [0.15, 0.2) is 11.6 Å². The van der Waals surface area contributed by atoms with E-state index in [-0.39, 0.29) is 23.3 Å². The van der Waals surface area contributed by atoms with Crippen molar-refractivity contribution in [3.05, 3.63) is 83.8 Å². The number of pyridine rings is 2. The maximum atomic E-state index is 16.2. The number of para-hydroxylation sites is 1. The molecule has 7 rings (SSSR count). The molecule has 0 aliphatic carbocycles. The Morgan fingerprint density at radius 2 is 1.77 bits per heavy atom. The van der Waals surface area contributed by atoms with Crippen LogP contribution < -0.4 is 4.72 Å². The van der Waals surface area contributed by atoms with Crippen LogP contribution in [0.1, 0.15) is 24.0 Å². The number of rotatable bonds is 8. The Balaban J connectivity index is 1.27. The van der Waals surface area contributed by atoms with Crippen LogP contribution in [0.4, 0.5) is 8.78 Å². The number of aromatic amines is 2. The molecule has 1 saturated heterocycles. The second-order valence-corrected chi connectivity index (χ2v) is 12.9. The lowest BCUT2D eigenvalue weighted by atomic mass is 10.0. The number of hydrogen-bond donors (Lipinski definition) is 3. The van der Waals surface area contributed by atoms with Crippen LogP contribution in [-0.2, 0) is 23.1 Å². The van der Waals surface area contributed by atoms with Crippen molar-refractivity contribution in [3.63, 3.8) is 0 Å². The van der Waals surface area contributed by atoms with Gasteiger partial charge in [-0.25, -0.2) is 26.9 Å². The van der Waals surface area contributed by atoms with Gasteiger partial charge in [0.05, 0.1) is 34.4 Å². The summed E-state index contributed by atoms with van der Waals surface area (Å²) in [5, 5.41) is 7.47. The average Bonchev–Trinajstić information content (AvgIpc) is 3.75. The quantitative estimate of drug-likeness (QED) is 0.216. The lowest BCUT2D eigenvalue weighted by Crippen LogP contribution is -2.21. The van der Waals surface area contributed by atoms with Gasteiger partial charge in [-0.3, -0.25) is 20.0 Å². The molecular weight excluding hydrogens is 586 g/mol. The van der Waals surface area contributed by atoms with E-state index in [0.29, 0.717) is 44.6 Å². The van der Waals surface area contributed by atoms with E-state index in [9.17, 15) is 12.8 Å². The molecule has 4 aromatic heterocycles. The third-order valence-electron chi connectivity index (χ3n) is 7.76. The number of nitrogens with zero attached hydrogens (tertiary/aromatic N) is 5. The summed E-state index contributed by atoms with van der Waals surface area (Å²) in [6.07, 6.45) is 8.36. The Morgan fingerprint density at radius 1 is 0.955 bits per heavy atom. The van der Waals surface area contributed by atoms with E-state index in [2.05, 4.69) is 34.8 Å². The zero-order valence-corrected chi connectivity index (χ0v) is 24.5. The number of aromatic nitrogens is 6. The second-order valence-electron chi connectivity index (χ2n) is 11.1. The summed E-state index contributed by atoms with van der Waals surface area (Å²) in [7, 11) is -3.46. The smallest absolute Gasteiger partial charge is 0.209 e. The van der Waals surface area contributed by atoms with Gasteiger partial charge in [0.25, 0.3) is 0 Å². The number of benzene rings is 2. The SMILES string of the molecule is CS(=O)(=O)NCc1cc(F)cc(-c2cccc3[nH]c(-c4n[nH]c5cnc(-c6cncc(CN7CCCC7)c6)c(F)c45)nc23)c1. The number of nitrogens with one attached hydrogen (secondary N) is 3. The van der Waals surface area contributed by atoms with Crippen molar-refractivity contribution in [3.8, 4) is 33.9 Å². The summed E-state index contributed by atoms with van der Waals surface area (Å²) in [6, 6.07) is 11.7. The Labute approximate surface area is 251 Å². The summed E-state index contributed by atoms with van der Waals surface area (Å²) < 4.78 is 56.4. The summed E-state index contributed by atoms with van der Waals surface area (Å²) >= 11 is 0. The maximum Gasteiger partial charge on any atom is 0.209 e. The highest BCUT2D eigenvalue weighted by Gasteiger charge is 2.22. The molecule has 5 heterocycles. The van der Waals surface area contributed by atoms with E-state index in [1.54, 1.807) is 36.8 Å². The molecule has 1 fully saturated rings. The number of hydrogen-bond acceptors (Lipinski definition) is 7. The number of halogens is 2. The molecule has 0 bridgehead atoms. The molecule has 3 N–H and O–H groups in total. The Bertz CT molecular complexity index is 2140. The number of imidazole rings is 1. The normalized spacial score (nSPS) is 14.2. The van der Waals surface area contributed by atoms with Gasteiger partial charge in [0.2, 0.25) is 10.0 Å². The minimum atomic E-state index is -3.46. The van der Waals surface area contributed by atoms with Gasteiger partial charge in [-0.2, -0.15) is 5.10 Å². The average molecular weight is 615 g/mol. The molecule has 13 heteroatoms. The number of sulfonamides is 1. The summed E-state index contributed by atoms with van der Waals surface area (Å²) in [4.78, 5) is 19.1. The Hall–Kier alpha value is -4.59. The van der Waals surface area contributed by atoms with Crippen molar-refractivity contribution in [2.24, 2.45) is 0 Å². The van der Waals surface area contributed by atoms with E-state index in [1.807, 2.05) is 12.1 Å². The van der Waals surface area contributed by atoms with Crippen LogP contribution in [0.5, 0.6) is 0 Å².